The highest BCUT2D eigenvalue weighted by Gasteiger charge is 2.57. The van der Waals surface area contributed by atoms with Crippen molar-refractivity contribution in [2.24, 2.45) is 5.92 Å². The van der Waals surface area contributed by atoms with Gasteiger partial charge in [-0.25, -0.2) is 4.98 Å². The smallest absolute Gasteiger partial charge is 0.255 e. The minimum atomic E-state index is -0.801. The highest BCUT2D eigenvalue weighted by Crippen LogP contribution is 2.42. The maximum absolute atomic E-state index is 13.0. The van der Waals surface area contributed by atoms with Gasteiger partial charge in [0.05, 0.1) is 11.5 Å². The fraction of sp³-hybridized carbons (Fsp3) is 0.278. The zero-order chi connectivity index (χ0) is 19.2. The molecule has 2 N–H and O–H groups in total. The van der Waals surface area contributed by atoms with Crippen molar-refractivity contribution in [1.82, 2.24) is 20.1 Å². The Balaban J connectivity index is 1.70. The number of carbonyl (C=O) groups excluding carboxylic acids is 2. The molecule has 8 nitrogen and oxygen atoms in total. The van der Waals surface area contributed by atoms with Crippen LogP contribution in [0, 0.1) is 22.7 Å². The molecule has 2 amide bonds. The Kier molecular flexibility index (Phi) is 3.93. The molecule has 0 aromatic carbocycles. The number of guanidine groups is 1. The first-order chi connectivity index (χ1) is 13.0. The van der Waals surface area contributed by atoms with Crippen LogP contribution in [0.25, 0.3) is 0 Å². The maximum atomic E-state index is 13.0. The molecule has 2 unspecified atom stereocenters. The third kappa shape index (κ3) is 2.57. The van der Waals surface area contributed by atoms with Crippen LogP contribution in [0.4, 0.5) is 0 Å². The molecule has 27 heavy (non-hydrogen) atoms. The van der Waals surface area contributed by atoms with Crippen LogP contribution in [0.15, 0.2) is 35.8 Å². The van der Waals surface area contributed by atoms with Gasteiger partial charge < -0.3 is 10.2 Å². The Bertz CT molecular complexity index is 965. The third-order valence-electron chi connectivity index (χ3n) is 5.12. The van der Waals surface area contributed by atoms with Crippen LogP contribution >= 0.6 is 11.3 Å². The first-order valence-electron chi connectivity index (χ1n) is 8.30. The first-order valence-corrected chi connectivity index (χ1v) is 9.18. The molecule has 9 heteroatoms. The normalized spacial score (nSPS) is 24.4. The predicted octanol–water partition coefficient (Wildman–Crippen LogP) is 0.979. The standard InChI is InChI=1S/C18H16N6O2S/c1-23-16(26)13-9-24(15(25)11-4-5-12(7-19)21-8-11)10-18(13,22-17(23)20)14-3-2-6-27-14/h2-6,8,13H,9-10H2,1H3,(H2,20,22). The van der Waals surface area contributed by atoms with Crippen LogP contribution in [-0.4, -0.2) is 52.7 Å². The number of amides is 2. The summed E-state index contributed by atoms with van der Waals surface area (Å²) in [6.07, 6.45) is 1.38. The summed E-state index contributed by atoms with van der Waals surface area (Å²) in [5.41, 5.74) is -0.196. The summed E-state index contributed by atoms with van der Waals surface area (Å²) in [6.45, 7) is 0.527. The Labute approximate surface area is 159 Å². The monoisotopic (exact) mass is 380 g/mol. The summed E-state index contributed by atoms with van der Waals surface area (Å²) in [7, 11) is 1.56. The molecule has 0 saturated carbocycles. The Morgan fingerprint density at radius 3 is 2.93 bits per heavy atom. The zero-order valence-corrected chi connectivity index (χ0v) is 15.3. The van der Waals surface area contributed by atoms with E-state index in [2.05, 4.69) is 10.3 Å². The van der Waals surface area contributed by atoms with E-state index in [1.54, 1.807) is 18.0 Å². The average molecular weight is 380 g/mol. The van der Waals surface area contributed by atoms with E-state index in [-0.39, 0.29) is 36.6 Å². The molecule has 0 spiro atoms. The number of aromatic nitrogens is 1. The average Bonchev–Trinajstić information content (AvgIpc) is 3.34. The van der Waals surface area contributed by atoms with Gasteiger partial charge in [-0.3, -0.25) is 19.9 Å². The largest absolute Gasteiger partial charge is 0.343 e. The Morgan fingerprint density at radius 1 is 1.48 bits per heavy atom. The van der Waals surface area contributed by atoms with Crippen LogP contribution in [-0.2, 0) is 10.3 Å². The second-order valence-corrected chi connectivity index (χ2v) is 7.55. The van der Waals surface area contributed by atoms with E-state index in [1.165, 1.54) is 28.5 Å². The van der Waals surface area contributed by atoms with Gasteiger partial charge in [-0.15, -0.1) is 11.3 Å². The second-order valence-electron chi connectivity index (χ2n) is 6.60. The van der Waals surface area contributed by atoms with E-state index in [9.17, 15) is 9.59 Å². The fourth-order valence-electron chi connectivity index (χ4n) is 3.67. The number of nitriles is 1. The summed E-state index contributed by atoms with van der Waals surface area (Å²) >= 11 is 1.50. The molecule has 4 heterocycles. The lowest BCUT2D eigenvalue weighted by Gasteiger charge is -2.42. The molecular formula is C18H16N6O2S. The van der Waals surface area contributed by atoms with E-state index >= 15 is 0 Å². The van der Waals surface area contributed by atoms with Gasteiger partial charge in [0.2, 0.25) is 5.91 Å². The number of hydrogen-bond acceptors (Lipinski definition) is 6. The number of hydrogen-bond donors (Lipinski definition) is 2. The summed E-state index contributed by atoms with van der Waals surface area (Å²) in [4.78, 5) is 33.6. The fourth-order valence-corrected chi connectivity index (χ4v) is 4.60. The Morgan fingerprint density at radius 2 is 2.30 bits per heavy atom. The van der Waals surface area contributed by atoms with Gasteiger partial charge in [0.25, 0.3) is 5.91 Å². The van der Waals surface area contributed by atoms with Crippen molar-refractivity contribution in [3.8, 4) is 6.07 Å². The van der Waals surface area contributed by atoms with E-state index in [0.29, 0.717) is 5.56 Å². The topological polar surface area (TPSA) is 113 Å². The van der Waals surface area contributed by atoms with Gasteiger partial charge in [0.1, 0.15) is 17.3 Å². The molecular weight excluding hydrogens is 364 g/mol. The number of pyridine rings is 1. The van der Waals surface area contributed by atoms with Crippen LogP contribution in [0.3, 0.4) is 0 Å². The summed E-state index contributed by atoms with van der Waals surface area (Å²) < 4.78 is 0. The lowest BCUT2D eigenvalue weighted by Crippen LogP contribution is -2.64. The number of fused-ring (bicyclic) bond motifs is 1. The molecule has 136 valence electrons. The molecule has 2 atom stereocenters. The van der Waals surface area contributed by atoms with E-state index < -0.39 is 11.5 Å². The lowest BCUT2D eigenvalue weighted by atomic mass is 9.83. The highest BCUT2D eigenvalue weighted by molar-refractivity contribution is 7.10. The summed E-state index contributed by atoms with van der Waals surface area (Å²) in [5.74, 6) is -0.883. The minimum absolute atomic E-state index is 0.0268. The van der Waals surface area contributed by atoms with Crippen LogP contribution < -0.4 is 5.32 Å². The van der Waals surface area contributed by atoms with Crippen molar-refractivity contribution in [3.05, 3.63) is 52.0 Å². The third-order valence-corrected chi connectivity index (χ3v) is 6.16. The predicted molar refractivity (Wildman–Crippen MR) is 98.0 cm³/mol. The molecule has 2 saturated heterocycles. The number of nitrogens with one attached hydrogen (secondary N) is 2. The number of nitrogens with zero attached hydrogens (tertiary/aromatic N) is 4. The van der Waals surface area contributed by atoms with Gasteiger partial charge in [-0.1, -0.05) is 6.07 Å². The second kappa shape index (κ2) is 6.17. The van der Waals surface area contributed by atoms with Gasteiger partial charge in [-0.05, 0) is 23.6 Å². The lowest BCUT2D eigenvalue weighted by molar-refractivity contribution is -0.134. The number of thiophene rings is 1. The van der Waals surface area contributed by atoms with Crippen LogP contribution in [0.5, 0.6) is 0 Å². The highest BCUT2D eigenvalue weighted by atomic mass is 32.1. The molecule has 2 aliphatic rings. The van der Waals surface area contributed by atoms with Crippen LogP contribution in [0.2, 0.25) is 0 Å². The maximum Gasteiger partial charge on any atom is 0.255 e. The molecule has 0 aliphatic carbocycles. The number of likely N-dealkylation sites (tertiary alicyclic amines) is 1. The molecule has 2 aliphatic heterocycles. The van der Waals surface area contributed by atoms with E-state index in [4.69, 9.17) is 10.7 Å². The molecule has 0 bridgehead atoms. The van der Waals surface area contributed by atoms with E-state index in [1.807, 2.05) is 23.6 Å². The molecule has 4 rings (SSSR count). The molecule has 2 aromatic rings. The summed E-state index contributed by atoms with van der Waals surface area (Å²) in [6, 6.07) is 8.81. The number of rotatable bonds is 2. The van der Waals surface area contributed by atoms with Crippen molar-refractivity contribution in [2.75, 3.05) is 20.1 Å². The Hall–Kier alpha value is -3.25. The zero-order valence-electron chi connectivity index (χ0n) is 14.5. The summed E-state index contributed by atoms with van der Waals surface area (Å²) in [5, 5.41) is 22.1. The first kappa shape index (κ1) is 17.2. The van der Waals surface area contributed by atoms with Gasteiger partial charge in [-0.2, -0.15) is 5.26 Å². The molecule has 2 fully saturated rings. The van der Waals surface area contributed by atoms with Crippen molar-refractivity contribution in [2.45, 2.75) is 5.54 Å². The van der Waals surface area contributed by atoms with Crippen molar-refractivity contribution < 1.29 is 9.59 Å². The van der Waals surface area contributed by atoms with Crippen molar-refractivity contribution in [1.29, 1.82) is 10.7 Å². The van der Waals surface area contributed by atoms with Gasteiger partial charge in [0.15, 0.2) is 5.96 Å². The SMILES string of the molecule is CN1C(=N)NC2(c3cccs3)CN(C(=O)c3ccc(C#N)nc3)CC2C1=O. The van der Waals surface area contributed by atoms with Crippen molar-refractivity contribution >= 4 is 29.1 Å². The van der Waals surface area contributed by atoms with Crippen molar-refractivity contribution in [3.63, 3.8) is 0 Å². The van der Waals surface area contributed by atoms with Gasteiger partial charge in [0, 0.05) is 31.2 Å². The molecule has 0 radical (unpaired) electrons. The van der Waals surface area contributed by atoms with Crippen LogP contribution in [0.1, 0.15) is 20.9 Å². The number of carbonyl (C=O) groups is 2. The minimum Gasteiger partial charge on any atom is -0.343 e. The quantitative estimate of drug-likeness (QED) is 0.806. The van der Waals surface area contributed by atoms with E-state index in [0.717, 1.165) is 4.88 Å². The molecule has 2 aromatic heterocycles. The van der Waals surface area contributed by atoms with Gasteiger partial charge >= 0.3 is 0 Å².